The minimum atomic E-state index is 0.440. The Hall–Kier alpha value is -0.440. The van der Waals surface area contributed by atoms with E-state index in [-0.39, 0.29) is 0 Å². The second kappa shape index (κ2) is 8.63. The molecule has 18 heavy (non-hydrogen) atoms. The van der Waals surface area contributed by atoms with Gasteiger partial charge in [0, 0.05) is 21.7 Å². The van der Waals surface area contributed by atoms with Gasteiger partial charge < -0.3 is 5.32 Å². The molecule has 1 aromatic rings. The zero-order chi connectivity index (χ0) is 13.4. The molecule has 1 atom stereocenters. The van der Waals surface area contributed by atoms with Gasteiger partial charge in [-0.15, -0.1) is 11.8 Å². The lowest BCUT2D eigenvalue weighted by molar-refractivity contribution is 0.627. The summed E-state index contributed by atoms with van der Waals surface area (Å²) in [6, 6.07) is 8.48. The van der Waals surface area contributed by atoms with Crippen molar-refractivity contribution >= 4 is 23.4 Å². The normalized spacial score (nSPS) is 12.2. The highest BCUT2D eigenvalue weighted by atomic mass is 35.5. The molecule has 0 spiro atoms. The van der Waals surface area contributed by atoms with Crippen LogP contribution in [0.4, 0.5) is 0 Å². The highest BCUT2D eigenvalue weighted by Gasteiger charge is 2.05. The van der Waals surface area contributed by atoms with E-state index in [1.807, 2.05) is 23.9 Å². The van der Waals surface area contributed by atoms with E-state index in [9.17, 15) is 0 Å². The van der Waals surface area contributed by atoms with Crippen LogP contribution < -0.4 is 5.32 Å². The fraction of sp³-hybridized carbons (Fsp3) is 0.467. The van der Waals surface area contributed by atoms with E-state index in [2.05, 4.69) is 44.3 Å². The first kappa shape index (κ1) is 15.6. The fourth-order valence-corrected chi connectivity index (χ4v) is 2.66. The minimum Gasteiger partial charge on any atom is -0.310 e. The average Bonchev–Trinajstić information content (AvgIpc) is 2.34. The van der Waals surface area contributed by atoms with Crippen molar-refractivity contribution in [1.82, 2.24) is 5.32 Å². The summed E-state index contributed by atoms with van der Waals surface area (Å²) in [5.41, 5.74) is 1.36. The third-order valence-corrected chi connectivity index (χ3v) is 3.82. The Morgan fingerprint density at radius 2 is 2.00 bits per heavy atom. The van der Waals surface area contributed by atoms with Gasteiger partial charge in [-0.2, -0.15) is 0 Å². The number of rotatable bonds is 7. The fourth-order valence-electron chi connectivity index (χ4n) is 1.61. The van der Waals surface area contributed by atoms with E-state index in [0.29, 0.717) is 6.04 Å². The van der Waals surface area contributed by atoms with Crippen molar-refractivity contribution in [2.75, 3.05) is 12.3 Å². The molecule has 1 nitrogen and oxygen atoms in total. The second-order valence-corrected chi connectivity index (χ2v) is 6.10. The lowest BCUT2D eigenvalue weighted by atomic mass is 10.2. The van der Waals surface area contributed by atoms with Crippen molar-refractivity contribution in [1.29, 1.82) is 0 Å². The zero-order valence-corrected chi connectivity index (χ0v) is 12.9. The molecule has 3 heteroatoms. The average molecular weight is 284 g/mol. The van der Waals surface area contributed by atoms with Crippen molar-refractivity contribution in [2.45, 2.75) is 38.1 Å². The molecule has 0 saturated carbocycles. The molecule has 0 fully saturated rings. The van der Waals surface area contributed by atoms with Crippen LogP contribution in [-0.4, -0.2) is 18.3 Å². The Kier molecular flexibility index (Phi) is 7.48. The lowest BCUT2D eigenvalue weighted by Gasteiger charge is -2.15. The van der Waals surface area contributed by atoms with Crippen LogP contribution in [0.3, 0.4) is 0 Å². The van der Waals surface area contributed by atoms with Crippen molar-refractivity contribution in [3.8, 4) is 0 Å². The number of allylic oxidation sites excluding steroid dienone is 1. The highest BCUT2D eigenvalue weighted by molar-refractivity contribution is 7.99. The van der Waals surface area contributed by atoms with Crippen LogP contribution in [0.5, 0.6) is 0 Å². The van der Waals surface area contributed by atoms with Gasteiger partial charge in [0.25, 0.3) is 0 Å². The van der Waals surface area contributed by atoms with Gasteiger partial charge >= 0.3 is 0 Å². The molecule has 1 unspecified atom stereocenters. The quantitative estimate of drug-likeness (QED) is 0.572. The molecule has 0 aliphatic heterocycles. The molecule has 0 saturated heterocycles. The first-order valence-corrected chi connectivity index (χ1v) is 7.75. The van der Waals surface area contributed by atoms with Gasteiger partial charge in [-0.1, -0.05) is 30.2 Å². The molecule has 1 rings (SSSR count). The number of benzene rings is 1. The van der Waals surface area contributed by atoms with Crippen molar-refractivity contribution in [3.63, 3.8) is 0 Å². The predicted molar refractivity (Wildman–Crippen MR) is 83.7 cm³/mol. The van der Waals surface area contributed by atoms with Crippen LogP contribution >= 0.6 is 23.4 Å². The number of halogens is 1. The smallest absolute Gasteiger partial charge is 0.0406 e. The van der Waals surface area contributed by atoms with Crippen LogP contribution in [-0.2, 0) is 0 Å². The minimum absolute atomic E-state index is 0.440. The maximum atomic E-state index is 5.88. The summed E-state index contributed by atoms with van der Waals surface area (Å²) in [6.07, 6.45) is 3.47. The first-order chi connectivity index (χ1) is 8.61. The number of nitrogens with one attached hydrogen (secondary N) is 1. The number of hydrogen-bond acceptors (Lipinski definition) is 2. The maximum Gasteiger partial charge on any atom is 0.0406 e. The largest absolute Gasteiger partial charge is 0.310 e. The van der Waals surface area contributed by atoms with E-state index in [4.69, 9.17) is 11.6 Å². The van der Waals surface area contributed by atoms with E-state index in [1.165, 1.54) is 16.9 Å². The third kappa shape index (κ3) is 6.48. The summed E-state index contributed by atoms with van der Waals surface area (Å²) < 4.78 is 0. The highest BCUT2D eigenvalue weighted by Crippen LogP contribution is 2.21. The Labute approximate surface area is 120 Å². The molecular weight excluding hydrogens is 262 g/mol. The van der Waals surface area contributed by atoms with Gasteiger partial charge in [-0.25, -0.2) is 0 Å². The second-order valence-electron chi connectivity index (χ2n) is 4.57. The van der Waals surface area contributed by atoms with Gasteiger partial charge in [0.05, 0.1) is 0 Å². The molecule has 1 aromatic carbocycles. The molecule has 0 heterocycles. The predicted octanol–water partition coefficient (Wildman–Crippen LogP) is 4.77. The van der Waals surface area contributed by atoms with Crippen molar-refractivity contribution in [3.05, 3.63) is 40.9 Å². The van der Waals surface area contributed by atoms with Crippen LogP contribution in [0.2, 0.25) is 5.02 Å². The lowest BCUT2D eigenvalue weighted by Crippen LogP contribution is -2.30. The van der Waals surface area contributed by atoms with Crippen LogP contribution in [0.25, 0.3) is 0 Å². The molecule has 1 N–H and O–H groups in total. The van der Waals surface area contributed by atoms with Gasteiger partial charge in [0.15, 0.2) is 0 Å². The Morgan fingerprint density at radius 1 is 1.33 bits per heavy atom. The SMILES string of the molecule is CCCNC(C=C(C)C)CSc1ccc(Cl)cc1. The number of thioether (sulfide) groups is 1. The summed E-state index contributed by atoms with van der Waals surface area (Å²) >= 11 is 7.74. The third-order valence-electron chi connectivity index (χ3n) is 2.43. The molecule has 0 aromatic heterocycles. The van der Waals surface area contributed by atoms with E-state index < -0.39 is 0 Å². The number of hydrogen-bond donors (Lipinski definition) is 1. The van der Waals surface area contributed by atoms with E-state index in [1.54, 1.807) is 0 Å². The van der Waals surface area contributed by atoms with Gasteiger partial charge in [0.2, 0.25) is 0 Å². The zero-order valence-electron chi connectivity index (χ0n) is 11.4. The Bertz CT molecular complexity index is 369. The van der Waals surface area contributed by atoms with Gasteiger partial charge in [-0.3, -0.25) is 0 Å². The Morgan fingerprint density at radius 3 is 2.56 bits per heavy atom. The summed E-state index contributed by atoms with van der Waals surface area (Å²) in [6.45, 7) is 7.55. The van der Waals surface area contributed by atoms with E-state index in [0.717, 1.165) is 17.3 Å². The summed E-state index contributed by atoms with van der Waals surface area (Å²) in [5, 5.41) is 4.35. The van der Waals surface area contributed by atoms with Gasteiger partial charge in [0.1, 0.15) is 0 Å². The maximum absolute atomic E-state index is 5.88. The van der Waals surface area contributed by atoms with Crippen molar-refractivity contribution in [2.24, 2.45) is 0 Å². The Balaban J connectivity index is 2.50. The molecule has 0 radical (unpaired) electrons. The summed E-state index contributed by atoms with van der Waals surface area (Å²) in [5.74, 6) is 1.05. The van der Waals surface area contributed by atoms with Gasteiger partial charge in [-0.05, 0) is 51.1 Å². The van der Waals surface area contributed by atoms with Crippen LogP contribution in [0.15, 0.2) is 40.8 Å². The molecule has 0 bridgehead atoms. The molecule has 0 aliphatic rings. The molecule has 0 aliphatic carbocycles. The van der Waals surface area contributed by atoms with Crippen LogP contribution in [0, 0.1) is 0 Å². The van der Waals surface area contributed by atoms with Crippen LogP contribution in [0.1, 0.15) is 27.2 Å². The van der Waals surface area contributed by atoms with Crippen molar-refractivity contribution < 1.29 is 0 Å². The topological polar surface area (TPSA) is 12.0 Å². The molecular formula is C15H22ClNS. The standard InChI is InChI=1S/C15H22ClNS/c1-4-9-17-14(10-12(2)3)11-18-15-7-5-13(16)6-8-15/h5-8,10,14,17H,4,9,11H2,1-3H3. The summed E-state index contributed by atoms with van der Waals surface area (Å²) in [7, 11) is 0. The first-order valence-electron chi connectivity index (χ1n) is 6.38. The monoisotopic (exact) mass is 283 g/mol. The molecule has 100 valence electrons. The summed E-state index contributed by atoms with van der Waals surface area (Å²) in [4.78, 5) is 1.27. The molecule has 0 amide bonds. The van der Waals surface area contributed by atoms with E-state index >= 15 is 0 Å².